The number of nitriles is 1. The quantitative estimate of drug-likeness (QED) is 0.590. The van der Waals surface area contributed by atoms with E-state index in [-0.39, 0.29) is 36.5 Å². The number of rotatable bonds is 6. The van der Waals surface area contributed by atoms with Gasteiger partial charge in [-0.1, -0.05) is 0 Å². The zero-order chi connectivity index (χ0) is 18.0. The molecule has 1 heterocycles. The molecule has 0 bridgehead atoms. The number of carbonyl (C=O) groups is 3. The van der Waals surface area contributed by atoms with Crippen molar-refractivity contribution in [1.29, 1.82) is 5.26 Å². The molecule has 0 radical (unpaired) electrons. The number of benzene rings is 1. The maximum atomic E-state index is 12.7. The van der Waals surface area contributed by atoms with E-state index in [1.54, 1.807) is 23.1 Å². The van der Waals surface area contributed by atoms with Crippen LogP contribution in [0, 0.1) is 11.3 Å². The minimum absolute atomic E-state index is 0.0416. The maximum Gasteiger partial charge on any atom is 0.244 e. The molecule has 0 atom stereocenters. The van der Waals surface area contributed by atoms with Gasteiger partial charge in [-0.15, -0.1) is 0 Å². The first-order valence-electron chi connectivity index (χ1n) is 8.20. The van der Waals surface area contributed by atoms with Gasteiger partial charge in [0.25, 0.3) is 0 Å². The summed E-state index contributed by atoms with van der Waals surface area (Å²) in [5.74, 6) is -0.421. The predicted molar refractivity (Wildman–Crippen MR) is 89.9 cm³/mol. The van der Waals surface area contributed by atoms with Crippen LogP contribution in [0.4, 0.5) is 0 Å². The fourth-order valence-corrected chi connectivity index (χ4v) is 3.08. The number of carbonyl (C=O) groups excluding carboxylic acids is 3. The zero-order valence-electron chi connectivity index (χ0n) is 13.9. The molecule has 7 nitrogen and oxygen atoms in total. The summed E-state index contributed by atoms with van der Waals surface area (Å²) < 4.78 is 1.48. The van der Waals surface area contributed by atoms with E-state index >= 15 is 0 Å². The van der Waals surface area contributed by atoms with Gasteiger partial charge in [0, 0.05) is 18.4 Å². The van der Waals surface area contributed by atoms with E-state index in [4.69, 9.17) is 5.26 Å². The lowest BCUT2D eigenvalue weighted by Crippen LogP contribution is -2.46. The first-order chi connectivity index (χ1) is 12.0. The molecular formula is C18H18N4O3. The molecular weight excluding hydrogens is 320 g/mol. The third kappa shape index (κ3) is 3.15. The minimum Gasteiger partial charge on any atom is -0.331 e. The Labute approximate surface area is 144 Å². The summed E-state index contributed by atoms with van der Waals surface area (Å²) in [6, 6.07) is 7.07. The normalized spacial score (nSPS) is 13.9. The second-order valence-electron chi connectivity index (χ2n) is 6.20. The highest BCUT2D eigenvalue weighted by Crippen LogP contribution is 2.25. The highest BCUT2D eigenvalue weighted by Gasteiger charge is 2.29. The van der Waals surface area contributed by atoms with Gasteiger partial charge in [-0.25, -0.2) is 0 Å². The summed E-state index contributed by atoms with van der Waals surface area (Å²) >= 11 is 0. The van der Waals surface area contributed by atoms with Gasteiger partial charge in [-0.2, -0.15) is 10.4 Å². The topological polar surface area (TPSA) is 96.1 Å². The van der Waals surface area contributed by atoms with Crippen molar-refractivity contribution in [3.8, 4) is 6.07 Å². The number of aromatic nitrogens is 2. The number of nitrogens with zero attached hydrogens (tertiary/aromatic N) is 4. The number of aldehydes is 1. The van der Waals surface area contributed by atoms with E-state index in [1.807, 2.05) is 6.07 Å². The van der Waals surface area contributed by atoms with Crippen LogP contribution in [0.15, 0.2) is 18.2 Å². The lowest BCUT2D eigenvalue weighted by molar-refractivity contribution is -0.137. The molecule has 0 spiro atoms. The molecule has 1 saturated carbocycles. The van der Waals surface area contributed by atoms with Gasteiger partial charge in [0.2, 0.25) is 5.91 Å². The van der Waals surface area contributed by atoms with E-state index in [0.717, 1.165) is 25.5 Å². The van der Waals surface area contributed by atoms with Crippen molar-refractivity contribution < 1.29 is 14.4 Å². The van der Waals surface area contributed by atoms with Crippen LogP contribution < -0.4 is 0 Å². The Morgan fingerprint density at radius 2 is 2.20 bits per heavy atom. The molecule has 0 aliphatic heterocycles. The predicted octanol–water partition coefficient (Wildman–Crippen LogP) is 1.69. The first kappa shape index (κ1) is 16.8. The van der Waals surface area contributed by atoms with Crippen LogP contribution in [0.3, 0.4) is 0 Å². The summed E-state index contributed by atoms with van der Waals surface area (Å²) in [7, 11) is 0. The maximum absolute atomic E-state index is 12.7. The van der Waals surface area contributed by atoms with E-state index in [2.05, 4.69) is 5.10 Å². The summed E-state index contributed by atoms with van der Waals surface area (Å²) in [5.41, 5.74) is 1.29. The average molecular weight is 338 g/mol. The Bertz CT molecular complexity index is 890. The van der Waals surface area contributed by atoms with Gasteiger partial charge in [-0.05, 0) is 37.5 Å². The Hall–Kier alpha value is -3.01. The molecule has 1 amide bonds. The molecule has 128 valence electrons. The molecule has 0 N–H and O–H groups in total. The van der Waals surface area contributed by atoms with Crippen molar-refractivity contribution in [2.75, 3.05) is 6.54 Å². The van der Waals surface area contributed by atoms with Crippen LogP contribution in [-0.2, 0) is 16.1 Å². The van der Waals surface area contributed by atoms with Crippen LogP contribution in [0.1, 0.15) is 42.2 Å². The van der Waals surface area contributed by atoms with Crippen molar-refractivity contribution in [2.24, 2.45) is 0 Å². The lowest BCUT2D eigenvalue weighted by Gasteiger charge is -2.36. The van der Waals surface area contributed by atoms with Crippen molar-refractivity contribution in [2.45, 2.75) is 38.8 Å². The van der Waals surface area contributed by atoms with E-state index in [0.29, 0.717) is 16.5 Å². The fraction of sp³-hybridized carbons (Fsp3) is 0.389. The Kier molecular flexibility index (Phi) is 4.61. The van der Waals surface area contributed by atoms with Crippen LogP contribution in [0.25, 0.3) is 10.9 Å². The SMILES string of the molecule is CC(=O)c1nn(CC(=O)N(CC=O)C2CCC2)c2ccc(C#N)cc12. The number of amides is 1. The van der Waals surface area contributed by atoms with E-state index < -0.39 is 0 Å². The number of fused-ring (bicyclic) bond motifs is 1. The first-order valence-corrected chi connectivity index (χ1v) is 8.20. The van der Waals surface area contributed by atoms with Crippen molar-refractivity contribution in [3.63, 3.8) is 0 Å². The highest BCUT2D eigenvalue weighted by molar-refractivity contribution is 6.05. The standard InChI is InChI=1S/C18H18N4O3/c1-12(24)18-15-9-13(10-19)5-6-16(15)22(20-18)11-17(25)21(7-8-23)14-3-2-4-14/h5-6,8-9,14H,2-4,7,11H2,1H3. The van der Waals surface area contributed by atoms with Crippen molar-refractivity contribution >= 4 is 28.9 Å². The number of hydrogen-bond donors (Lipinski definition) is 0. The van der Waals surface area contributed by atoms with E-state index in [9.17, 15) is 14.4 Å². The number of ketones is 1. The van der Waals surface area contributed by atoms with Crippen LogP contribution in [0.2, 0.25) is 0 Å². The van der Waals surface area contributed by atoms with Gasteiger partial charge in [0.1, 0.15) is 18.5 Å². The van der Waals surface area contributed by atoms with Crippen molar-refractivity contribution in [1.82, 2.24) is 14.7 Å². The fourth-order valence-electron chi connectivity index (χ4n) is 3.08. The number of Topliss-reactive ketones (excluding diaryl/α,β-unsaturated/α-hetero) is 1. The van der Waals surface area contributed by atoms with Crippen LogP contribution >= 0.6 is 0 Å². The summed E-state index contributed by atoms with van der Waals surface area (Å²) in [4.78, 5) is 37.0. The Morgan fingerprint density at radius 3 is 2.76 bits per heavy atom. The molecule has 0 saturated heterocycles. The number of hydrogen-bond acceptors (Lipinski definition) is 5. The smallest absolute Gasteiger partial charge is 0.244 e. The third-order valence-electron chi connectivity index (χ3n) is 4.61. The third-order valence-corrected chi connectivity index (χ3v) is 4.61. The van der Waals surface area contributed by atoms with E-state index in [1.165, 1.54) is 11.6 Å². The van der Waals surface area contributed by atoms with Crippen LogP contribution in [-0.4, -0.2) is 45.2 Å². The Balaban J connectivity index is 1.95. The highest BCUT2D eigenvalue weighted by atomic mass is 16.2. The second-order valence-corrected chi connectivity index (χ2v) is 6.20. The van der Waals surface area contributed by atoms with Gasteiger partial charge in [0.15, 0.2) is 5.78 Å². The summed E-state index contributed by atoms with van der Waals surface area (Å²) in [6.45, 7) is 1.43. The van der Waals surface area contributed by atoms with Gasteiger partial charge >= 0.3 is 0 Å². The van der Waals surface area contributed by atoms with Gasteiger partial charge in [0.05, 0.1) is 23.7 Å². The summed E-state index contributed by atoms with van der Waals surface area (Å²) in [6.07, 6.45) is 3.61. The second kappa shape index (κ2) is 6.85. The molecule has 1 aliphatic rings. The lowest BCUT2D eigenvalue weighted by atomic mass is 9.91. The molecule has 1 aromatic heterocycles. The molecule has 1 fully saturated rings. The largest absolute Gasteiger partial charge is 0.331 e. The van der Waals surface area contributed by atoms with Gasteiger partial charge < -0.3 is 9.69 Å². The molecule has 1 aliphatic carbocycles. The van der Waals surface area contributed by atoms with Crippen molar-refractivity contribution in [3.05, 3.63) is 29.5 Å². The molecule has 3 rings (SSSR count). The molecule has 25 heavy (non-hydrogen) atoms. The average Bonchev–Trinajstić information content (AvgIpc) is 2.90. The molecule has 2 aromatic rings. The van der Waals surface area contributed by atoms with Gasteiger partial charge in [-0.3, -0.25) is 14.3 Å². The molecule has 1 aromatic carbocycles. The Morgan fingerprint density at radius 1 is 1.44 bits per heavy atom. The summed E-state index contributed by atoms with van der Waals surface area (Å²) in [5, 5.41) is 13.9. The molecule has 0 unspecified atom stereocenters. The zero-order valence-corrected chi connectivity index (χ0v) is 13.9. The monoisotopic (exact) mass is 338 g/mol. The minimum atomic E-state index is -0.227. The van der Waals surface area contributed by atoms with Crippen LogP contribution in [0.5, 0.6) is 0 Å². The molecule has 7 heteroatoms.